The van der Waals surface area contributed by atoms with Crippen LogP contribution in [0.1, 0.15) is 21.8 Å². The first-order chi connectivity index (χ1) is 10.6. The summed E-state index contributed by atoms with van der Waals surface area (Å²) in [6.07, 6.45) is 0. The van der Waals surface area contributed by atoms with Crippen molar-refractivity contribution in [1.82, 2.24) is 15.0 Å². The summed E-state index contributed by atoms with van der Waals surface area (Å²) in [5, 5.41) is 4.40. The number of halogens is 1. The van der Waals surface area contributed by atoms with Gasteiger partial charge in [-0.15, -0.1) is 0 Å². The molecule has 3 rings (SSSR count). The molecule has 6 heteroatoms. The van der Waals surface area contributed by atoms with Crippen LogP contribution in [-0.2, 0) is 6.54 Å². The van der Waals surface area contributed by atoms with Crippen LogP contribution in [0.5, 0.6) is 0 Å². The molecule has 2 heterocycles. The van der Waals surface area contributed by atoms with E-state index in [1.165, 1.54) is 0 Å². The normalized spacial score (nSPS) is 16.0. The maximum Gasteiger partial charge on any atom is 0.255 e. The van der Waals surface area contributed by atoms with Gasteiger partial charge in [-0.05, 0) is 19.1 Å². The first-order valence-electron chi connectivity index (χ1n) is 7.32. The van der Waals surface area contributed by atoms with Crippen molar-refractivity contribution < 1.29 is 9.32 Å². The van der Waals surface area contributed by atoms with Crippen molar-refractivity contribution in [3.8, 4) is 0 Å². The summed E-state index contributed by atoms with van der Waals surface area (Å²) in [5.74, 6) is 0.865. The van der Waals surface area contributed by atoms with Crippen molar-refractivity contribution in [3.05, 3.63) is 52.4 Å². The lowest BCUT2D eigenvalue weighted by Gasteiger charge is -2.34. The molecule has 0 spiro atoms. The van der Waals surface area contributed by atoms with E-state index >= 15 is 0 Å². The van der Waals surface area contributed by atoms with E-state index in [-0.39, 0.29) is 5.91 Å². The minimum absolute atomic E-state index is 0.000703. The highest BCUT2D eigenvalue weighted by molar-refractivity contribution is 6.33. The van der Waals surface area contributed by atoms with Crippen LogP contribution in [-0.4, -0.2) is 47.0 Å². The third-order valence-corrected chi connectivity index (χ3v) is 4.15. The Kier molecular flexibility index (Phi) is 4.45. The molecule has 116 valence electrons. The monoisotopic (exact) mass is 319 g/mol. The molecular weight excluding hydrogens is 302 g/mol. The molecule has 1 aromatic heterocycles. The Morgan fingerprint density at radius 3 is 2.64 bits per heavy atom. The Morgan fingerprint density at radius 1 is 1.27 bits per heavy atom. The summed E-state index contributed by atoms with van der Waals surface area (Å²) in [5.41, 5.74) is 1.46. The zero-order valence-electron chi connectivity index (χ0n) is 12.5. The average Bonchev–Trinajstić information content (AvgIpc) is 2.93. The number of carbonyl (C=O) groups excluding carboxylic acids is 1. The number of carbonyl (C=O) groups is 1. The summed E-state index contributed by atoms with van der Waals surface area (Å²) in [6, 6.07) is 9.13. The standard InChI is InChI=1S/C16H18ClN3O2/c1-12-10-13(22-18-12)11-19-6-8-20(9-7-19)16(21)14-4-2-3-5-15(14)17/h2-5,10H,6-9,11H2,1H3. The predicted molar refractivity (Wildman–Crippen MR) is 83.9 cm³/mol. The molecule has 0 atom stereocenters. The second-order valence-electron chi connectivity index (χ2n) is 5.48. The lowest BCUT2D eigenvalue weighted by molar-refractivity contribution is 0.0617. The molecule has 0 unspecified atom stereocenters. The number of piperazine rings is 1. The first kappa shape index (κ1) is 15.1. The average molecular weight is 320 g/mol. The van der Waals surface area contributed by atoms with Gasteiger partial charge in [-0.25, -0.2) is 0 Å². The number of benzene rings is 1. The molecule has 1 fully saturated rings. The number of hydrogen-bond acceptors (Lipinski definition) is 4. The molecule has 0 aliphatic carbocycles. The summed E-state index contributed by atoms with van der Waals surface area (Å²) in [6.45, 7) is 5.66. The van der Waals surface area contributed by atoms with Gasteiger partial charge in [0.2, 0.25) is 0 Å². The second-order valence-corrected chi connectivity index (χ2v) is 5.89. The summed E-state index contributed by atoms with van der Waals surface area (Å²) in [7, 11) is 0. The molecule has 0 bridgehead atoms. The fourth-order valence-electron chi connectivity index (χ4n) is 2.63. The molecule has 0 N–H and O–H groups in total. The molecular formula is C16H18ClN3O2. The fourth-order valence-corrected chi connectivity index (χ4v) is 2.84. The van der Waals surface area contributed by atoms with E-state index in [0.29, 0.717) is 23.7 Å². The minimum atomic E-state index is 0.000703. The van der Waals surface area contributed by atoms with Gasteiger partial charge < -0.3 is 9.42 Å². The minimum Gasteiger partial charge on any atom is -0.360 e. The van der Waals surface area contributed by atoms with Crippen molar-refractivity contribution in [1.29, 1.82) is 0 Å². The summed E-state index contributed by atoms with van der Waals surface area (Å²) in [4.78, 5) is 16.6. The van der Waals surface area contributed by atoms with Gasteiger partial charge in [-0.2, -0.15) is 0 Å². The van der Waals surface area contributed by atoms with Gasteiger partial charge in [0.1, 0.15) is 0 Å². The molecule has 1 aromatic carbocycles. The lowest BCUT2D eigenvalue weighted by Crippen LogP contribution is -2.48. The third kappa shape index (κ3) is 3.31. The van der Waals surface area contributed by atoms with Crippen LogP contribution in [0, 0.1) is 6.92 Å². The van der Waals surface area contributed by atoms with Crippen LogP contribution in [0.25, 0.3) is 0 Å². The van der Waals surface area contributed by atoms with Crippen LogP contribution in [0.3, 0.4) is 0 Å². The number of hydrogen-bond donors (Lipinski definition) is 0. The van der Waals surface area contributed by atoms with Crippen LogP contribution >= 0.6 is 11.6 Å². The van der Waals surface area contributed by atoms with Crippen molar-refractivity contribution in [2.45, 2.75) is 13.5 Å². The fraction of sp³-hybridized carbons (Fsp3) is 0.375. The molecule has 1 aliphatic rings. The zero-order chi connectivity index (χ0) is 15.5. The summed E-state index contributed by atoms with van der Waals surface area (Å²) < 4.78 is 5.24. The predicted octanol–water partition coefficient (Wildman–Crippen LogP) is 2.59. The van der Waals surface area contributed by atoms with Gasteiger partial charge in [0, 0.05) is 32.2 Å². The molecule has 1 amide bonds. The van der Waals surface area contributed by atoms with Crippen LogP contribution in [0.15, 0.2) is 34.9 Å². The molecule has 2 aromatic rings. The zero-order valence-corrected chi connectivity index (χ0v) is 13.2. The maximum atomic E-state index is 12.5. The lowest BCUT2D eigenvalue weighted by atomic mass is 10.2. The SMILES string of the molecule is Cc1cc(CN2CCN(C(=O)c3ccccc3Cl)CC2)on1. The highest BCUT2D eigenvalue weighted by Crippen LogP contribution is 2.18. The number of aromatic nitrogens is 1. The van der Waals surface area contributed by atoms with Crippen LogP contribution < -0.4 is 0 Å². The molecule has 1 saturated heterocycles. The van der Waals surface area contributed by atoms with E-state index in [1.54, 1.807) is 12.1 Å². The number of nitrogens with zero attached hydrogens (tertiary/aromatic N) is 3. The Morgan fingerprint density at radius 2 is 2.00 bits per heavy atom. The van der Waals surface area contributed by atoms with Crippen molar-refractivity contribution >= 4 is 17.5 Å². The van der Waals surface area contributed by atoms with Crippen molar-refractivity contribution in [3.63, 3.8) is 0 Å². The molecule has 1 aliphatic heterocycles. The highest BCUT2D eigenvalue weighted by Gasteiger charge is 2.23. The van der Waals surface area contributed by atoms with E-state index < -0.39 is 0 Å². The van der Waals surface area contributed by atoms with E-state index in [9.17, 15) is 4.79 Å². The largest absolute Gasteiger partial charge is 0.360 e. The molecule has 22 heavy (non-hydrogen) atoms. The Labute approximate surface area is 134 Å². The summed E-state index contributed by atoms with van der Waals surface area (Å²) >= 11 is 6.10. The Balaban J connectivity index is 1.57. The van der Waals surface area contributed by atoms with Gasteiger partial charge in [0.25, 0.3) is 5.91 Å². The van der Waals surface area contributed by atoms with Gasteiger partial charge in [0.15, 0.2) is 5.76 Å². The van der Waals surface area contributed by atoms with E-state index in [2.05, 4.69) is 10.1 Å². The van der Waals surface area contributed by atoms with Crippen LogP contribution in [0.2, 0.25) is 5.02 Å². The molecule has 0 saturated carbocycles. The van der Waals surface area contributed by atoms with Crippen LogP contribution in [0.4, 0.5) is 0 Å². The van der Waals surface area contributed by atoms with Gasteiger partial charge >= 0.3 is 0 Å². The number of aryl methyl sites for hydroxylation is 1. The quantitative estimate of drug-likeness (QED) is 0.872. The van der Waals surface area contributed by atoms with Crippen molar-refractivity contribution in [2.75, 3.05) is 26.2 Å². The first-order valence-corrected chi connectivity index (χ1v) is 7.69. The topological polar surface area (TPSA) is 49.6 Å². The number of amides is 1. The van der Waals surface area contributed by atoms with E-state index in [0.717, 1.165) is 31.1 Å². The molecule has 0 radical (unpaired) electrons. The second kappa shape index (κ2) is 6.50. The highest BCUT2D eigenvalue weighted by atomic mass is 35.5. The number of rotatable bonds is 3. The van der Waals surface area contributed by atoms with E-state index in [4.69, 9.17) is 16.1 Å². The van der Waals surface area contributed by atoms with Crippen molar-refractivity contribution in [2.24, 2.45) is 0 Å². The van der Waals surface area contributed by atoms with Gasteiger partial charge in [-0.1, -0.05) is 28.9 Å². The Bertz CT molecular complexity index is 663. The smallest absolute Gasteiger partial charge is 0.255 e. The van der Waals surface area contributed by atoms with Gasteiger partial charge in [-0.3, -0.25) is 9.69 Å². The van der Waals surface area contributed by atoms with E-state index in [1.807, 2.05) is 30.0 Å². The Hall–Kier alpha value is -1.85. The third-order valence-electron chi connectivity index (χ3n) is 3.82. The van der Waals surface area contributed by atoms with Gasteiger partial charge in [0.05, 0.1) is 22.8 Å². The molecule has 5 nitrogen and oxygen atoms in total. The maximum absolute atomic E-state index is 12.5.